The predicted octanol–water partition coefficient (Wildman–Crippen LogP) is 4.31. The maximum atomic E-state index is 13.6. The van der Waals surface area contributed by atoms with Crippen molar-refractivity contribution >= 4 is 5.95 Å². The van der Waals surface area contributed by atoms with Crippen LogP contribution < -0.4 is 11.3 Å². The summed E-state index contributed by atoms with van der Waals surface area (Å²) in [5, 5.41) is 0. The van der Waals surface area contributed by atoms with E-state index in [4.69, 9.17) is 10.2 Å². The van der Waals surface area contributed by atoms with E-state index in [1.165, 1.54) is 16.9 Å². The Morgan fingerprint density at radius 1 is 1.37 bits per heavy atom. The van der Waals surface area contributed by atoms with E-state index in [1.807, 2.05) is 0 Å². The Bertz CT molecular complexity index is 1170. The average Bonchev–Trinajstić information content (AvgIpc) is 3.24. The van der Waals surface area contributed by atoms with Crippen molar-refractivity contribution in [2.45, 2.75) is 25.8 Å². The zero-order valence-corrected chi connectivity index (χ0v) is 16.3. The number of pyridine rings is 1. The highest BCUT2D eigenvalue weighted by molar-refractivity contribution is 5.78. The van der Waals surface area contributed by atoms with Crippen LogP contribution in [0.25, 0.3) is 22.6 Å². The van der Waals surface area contributed by atoms with Gasteiger partial charge in [0.05, 0.1) is 12.8 Å². The number of aromatic nitrogens is 3. The first-order chi connectivity index (χ1) is 14.3. The highest BCUT2D eigenvalue weighted by Crippen LogP contribution is 2.32. The van der Waals surface area contributed by atoms with Gasteiger partial charge in [0.15, 0.2) is 5.76 Å². The molecule has 0 saturated carbocycles. The van der Waals surface area contributed by atoms with Crippen LogP contribution in [-0.4, -0.2) is 20.5 Å². The molecule has 154 valence electrons. The Hall–Kier alpha value is -3.55. The van der Waals surface area contributed by atoms with Crippen LogP contribution in [0.2, 0.25) is 0 Å². The van der Waals surface area contributed by atoms with E-state index >= 15 is 0 Å². The van der Waals surface area contributed by atoms with Gasteiger partial charge in [-0.1, -0.05) is 18.2 Å². The maximum Gasteiger partial charge on any atom is 0.251 e. The molecule has 6 nitrogen and oxygen atoms in total. The highest BCUT2D eigenvalue weighted by Gasteiger charge is 2.32. The molecule has 30 heavy (non-hydrogen) atoms. The van der Waals surface area contributed by atoms with E-state index in [1.54, 1.807) is 48.8 Å². The number of hydrogen-bond acceptors (Lipinski definition) is 5. The minimum absolute atomic E-state index is 0.0943. The van der Waals surface area contributed by atoms with Crippen molar-refractivity contribution in [3.8, 4) is 22.6 Å². The smallest absolute Gasteiger partial charge is 0.251 e. The molecule has 0 bridgehead atoms. The molecule has 3 heterocycles. The van der Waals surface area contributed by atoms with Gasteiger partial charge in [-0.2, -0.15) is 0 Å². The van der Waals surface area contributed by atoms with Gasteiger partial charge in [-0.15, -0.1) is 0 Å². The topological polar surface area (TPSA) is 86.9 Å². The summed E-state index contributed by atoms with van der Waals surface area (Å²) in [6.07, 6.45) is 10.0. The van der Waals surface area contributed by atoms with Crippen LogP contribution in [0, 0.1) is 5.92 Å². The van der Waals surface area contributed by atoms with E-state index in [0.717, 1.165) is 6.92 Å². The molecule has 0 radical (unpaired) electrons. The molecular formula is C22H20F2N4O2. The quantitative estimate of drug-likeness (QED) is 0.677. The number of allylic oxidation sites excluding steroid dienone is 4. The van der Waals surface area contributed by atoms with Gasteiger partial charge in [0.25, 0.3) is 11.5 Å². The Balaban J connectivity index is 1.65. The molecule has 8 heteroatoms. The molecule has 0 aliphatic heterocycles. The number of alkyl halides is 2. The second kappa shape index (κ2) is 7.70. The predicted molar refractivity (Wildman–Crippen MR) is 110 cm³/mol. The van der Waals surface area contributed by atoms with Gasteiger partial charge in [-0.25, -0.2) is 18.7 Å². The second-order valence-corrected chi connectivity index (χ2v) is 7.29. The number of rotatable bonds is 5. The second-order valence-electron chi connectivity index (χ2n) is 7.29. The van der Waals surface area contributed by atoms with Gasteiger partial charge in [0, 0.05) is 29.9 Å². The summed E-state index contributed by atoms with van der Waals surface area (Å²) >= 11 is 0. The van der Waals surface area contributed by atoms with Crippen molar-refractivity contribution in [1.29, 1.82) is 0 Å². The fraction of sp³-hybridized carbons (Fsp3) is 0.227. The molecule has 3 aromatic heterocycles. The molecule has 0 fully saturated rings. The van der Waals surface area contributed by atoms with Crippen molar-refractivity contribution in [2.75, 3.05) is 5.73 Å². The lowest BCUT2D eigenvalue weighted by atomic mass is 9.91. The largest absolute Gasteiger partial charge is 0.463 e. The molecule has 1 unspecified atom stereocenters. The average molecular weight is 410 g/mol. The first kappa shape index (κ1) is 19.8. The minimum Gasteiger partial charge on any atom is -0.463 e. The van der Waals surface area contributed by atoms with Gasteiger partial charge >= 0.3 is 0 Å². The summed E-state index contributed by atoms with van der Waals surface area (Å²) in [5.74, 6) is -3.07. The molecule has 0 saturated heterocycles. The van der Waals surface area contributed by atoms with Crippen LogP contribution in [0.1, 0.15) is 13.3 Å². The Morgan fingerprint density at radius 3 is 2.90 bits per heavy atom. The van der Waals surface area contributed by atoms with Crippen LogP contribution in [0.15, 0.2) is 75.9 Å². The Labute approximate surface area is 171 Å². The molecule has 0 aromatic carbocycles. The highest BCUT2D eigenvalue weighted by atomic mass is 19.3. The molecule has 1 aliphatic carbocycles. The van der Waals surface area contributed by atoms with Crippen molar-refractivity contribution in [2.24, 2.45) is 5.92 Å². The van der Waals surface area contributed by atoms with Crippen molar-refractivity contribution in [3.05, 3.63) is 77.1 Å². The van der Waals surface area contributed by atoms with E-state index < -0.39 is 11.8 Å². The monoisotopic (exact) mass is 410 g/mol. The lowest BCUT2D eigenvalue weighted by Gasteiger charge is -2.23. The summed E-state index contributed by atoms with van der Waals surface area (Å²) in [5.41, 5.74) is 7.81. The summed E-state index contributed by atoms with van der Waals surface area (Å²) in [6, 6.07) is 6.68. The van der Waals surface area contributed by atoms with Gasteiger partial charge in [0.2, 0.25) is 5.95 Å². The zero-order valence-electron chi connectivity index (χ0n) is 16.3. The van der Waals surface area contributed by atoms with Crippen LogP contribution in [0.4, 0.5) is 14.7 Å². The molecule has 0 spiro atoms. The third-order valence-electron chi connectivity index (χ3n) is 5.01. The van der Waals surface area contributed by atoms with Crippen LogP contribution in [-0.2, 0) is 6.54 Å². The number of nitrogen functional groups attached to an aromatic ring is 1. The maximum absolute atomic E-state index is 13.6. The number of furan rings is 1. The SMILES string of the molecule is CC(F)(F)C1C=C(Cn2ccc(-c3cnc(N)nc3-c3ccco3)cc2=O)C=CC1. The number of anilines is 1. The van der Waals surface area contributed by atoms with Gasteiger partial charge in [-0.05, 0) is 42.7 Å². The Kier molecular flexibility index (Phi) is 5.07. The Morgan fingerprint density at radius 2 is 2.20 bits per heavy atom. The van der Waals surface area contributed by atoms with Gasteiger partial charge < -0.3 is 14.7 Å². The van der Waals surface area contributed by atoms with Gasteiger partial charge in [0.1, 0.15) is 5.69 Å². The number of nitrogens with two attached hydrogens (primary N) is 1. The third-order valence-corrected chi connectivity index (χ3v) is 5.01. The lowest BCUT2D eigenvalue weighted by molar-refractivity contribution is -0.0204. The van der Waals surface area contributed by atoms with E-state index in [9.17, 15) is 13.6 Å². The zero-order chi connectivity index (χ0) is 21.3. The van der Waals surface area contributed by atoms with Crippen molar-refractivity contribution < 1.29 is 13.2 Å². The molecule has 2 N–H and O–H groups in total. The fourth-order valence-electron chi connectivity index (χ4n) is 3.42. The van der Waals surface area contributed by atoms with Gasteiger partial charge in [-0.3, -0.25) is 4.79 Å². The summed E-state index contributed by atoms with van der Waals surface area (Å²) in [6.45, 7) is 1.13. The number of hydrogen-bond donors (Lipinski definition) is 1. The van der Waals surface area contributed by atoms with Crippen molar-refractivity contribution in [1.82, 2.24) is 14.5 Å². The fourth-order valence-corrected chi connectivity index (χ4v) is 3.42. The first-order valence-corrected chi connectivity index (χ1v) is 9.43. The molecule has 1 aliphatic rings. The summed E-state index contributed by atoms with van der Waals surface area (Å²) in [4.78, 5) is 21.0. The number of halogens is 2. The molecule has 0 amide bonds. The van der Waals surface area contributed by atoms with Crippen LogP contribution in [0.3, 0.4) is 0 Å². The lowest BCUT2D eigenvalue weighted by Crippen LogP contribution is -2.25. The molecular weight excluding hydrogens is 390 g/mol. The van der Waals surface area contributed by atoms with Crippen molar-refractivity contribution in [3.63, 3.8) is 0 Å². The normalized spacial score (nSPS) is 16.5. The van der Waals surface area contributed by atoms with E-state index in [2.05, 4.69) is 9.97 Å². The van der Waals surface area contributed by atoms with Crippen LogP contribution in [0.5, 0.6) is 0 Å². The van der Waals surface area contributed by atoms with Crippen LogP contribution >= 0.6 is 0 Å². The number of nitrogens with zero attached hydrogens (tertiary/aromatic N) is 3. The molecule has 4 rings (SSSR count). The van der Waals surface area contributed by atoms with E-state index in [-0.39, 0.29) is 24.5 Å². The molecule has 1 atom stereocenters. The summed E-state index contributed by atoms with van der Waals surface area (Å²) in [7, 11) is 0. The minimum atomic E-state index is -2.80. The standard InChI is InChI=1S/C22H20F2N4O2/c1-22(23,24)16-5-2-4-14(10-16)13-28-8-7-15(11-19(28)29)17-12-26-21(25)27-20(17)18-6-3-9-30-18/h2-4,6-12,16H,5,13H2,1H3,(H2,25,26,27). The summed E-state index contributed by atoms with van der Waals surface area (Å²) < 4.78 is 34.2. The first-order valence-electron chi connectivity index (χ1n) is 9.43. The molecule has 3 aromatic rings. The third kappa shape index (κ3) is 4.07. The van der Waals surface area contributed by atoms with E-state index in [0.29, 0.717) is 28.2 Å².